The van der Waals surface area contributed by atoms with E-state index in [2.05, 4.69) is 0 Å². The average molecular weight is 524 g/mol. The highest BCUT2D eigenvalue weighted by Gasteiger charge is 2.47. The molecule has 3 aromatic rings. The van der Waals surface area contributed by atoms with Gasteiger partial charge in [0.1, 0.15) is 5.82 Å². The van der Waals surface area contributed by atoms with Gasteiger partial charge in [0.05, 0.1) is 16.9 Å². The van der Waals surface area contributed by atoms with Crippen LogP contribution in [0.3, 0.4) is 0 Å². The fourth-order valence-electron chi connectivity index (χ4n) is 5.62. The Morgan fingerprint density at radius 2 is 1.66 bits per heavy atom. The second-order valence-corrected chi connectivity index (χ2v) is 9.82. The third-order valence-corrected chi connectivity index (χ3v) is 7.67. The number of nitro groups is 1. The van der Waals surface area contributed by atoms with Crippen molar-refractivity contribution in [2.75, 3.05) is 24.5 Å². The van der Waals surface area contributed by atoms with Crippen molar-refractivity contribution in [3.05, 3.63) is 104 Å². The van der Waals surface area contributed by atoms with Gasteiger partial charge < -0.3 is 9.80 Å². The molecule has 1 spiro atoms. The summed E-state index contributed by atoms with van der Waals surface area (Å²) in [6, 6.07) is 12.9. The molecule has 196 valence electrons. The van der Waals surface area contributed by atoms with Crippen molar-refractivity contribution in [2.24, 2.45) is 0 Å². The highest BCUT2D eigenvalue weighted by molar-refractivity contribution is 5.98. The summed E-state index contributed by atoms with van der Waals surface area (Å²) >= 11 is 0. The minimum Gasteiger partial charge on any atom is -0.338 e. The molecule has 0 N–H and O–H groups in total. The Morgan fingerprint density at radius 3 is 2.34 bits per heavy atom. The van der Waals surface area contributed by atoms with Gasteiger partial charge >= 0.3 is 0 Å². The van der Waals surface area contributed by atoms with Crippen LogP contribution in [0.1, 0.15) is 39.9 Å². The Kier molecular flexibility index (Phi) is 6.42. The first-order chi connectivity index (χ1) is 18.1. The molecule has 2 heterocycles. The zero-order chi connectivity index (χ0) is 27.2. The van der Waals surface area contributed by atoms with Gasteiger partial charge in [-0.05, 0) is 55.2 Å². The average Bonchev–Trinajstić information content (AvgIpc) is 3.20. The SMILES string of the molecule is Cc1c([N+](=O)[O-])ccc(F)c1C(=O)N1CCC2(CC1)CN(C(=O)Cc1ccc(F)c(F)c1)c1ccccc12. The Balaban J connectivity index is 1.36. The molecule has 0 saturated carbocycles. The minimum absolute atomic E-state index is 0.0134. The van der Waals surface area contributed by atoms with Crippen LogP contribution in [0.25, 0.3) is 0 Å². The molecule has 0 bridgehead atoms. The Morgan fingerprint density at radius 1 is 0.974 bits per heavy atom. The number of rotatable bonds is 4. The third-order valence-electron chi connectivity index (χ3n) is 7.67. The molecule has 1 saturated heterocycles. The van der Waals surface area contributed by atoms with Crippen LogP contribution in [0, 0.1) is 34.5 Å². The van der Waals surface area contributed by atoms with E-state index in [-0.39, 0.29) is 42.2 Å². The van der Waals surface area contributed by atoms with Gasteiger partial charge in [-0.25, -0.2) is 13.2 Å². The lowest BCUT2D eigenvalue weighted by Crippen LogP contribution is -2.48. The van der Waals surface area contributed by atoms with Crippen LogP contribution in [0.2, 0.25) is 0 Å². The van der Waals surface area contributed by atoms with Gasteiger partial charge in [-0.2, -0.15) is 0 Å². The van der Waals surface area contributed by atoms with E-state index in [4.69, 9.17) is 0 Å². The van der Waals surface area contributed by atoms with Crippen LogP contribution in [-0.2, 0) is 16.6 Å². The summed E-state index contributed by atoms with van der Waals surface area (Å²) in [6.45, 7) is 2.28. The van der Waals surface area contributed by atoms with Crippen molar-refractivity contribution in [1.29, 1.82) is 0 Å². The van der Waals surface area contributed by atoms with Crippen molar-refractivity contribution >= 4 is 23.2 Å². The molecule has 3 aromatic carbocycles. The first kappa shape index (κ1) is 25.4. The number of nitro benzene ring substituents is 1. The number of carbonyl (C=O) groups excluding carboxylic acids is 2. The topological polar surface area (TPSA) is 83.8 Å². The number of fused-ring (bicyclic) bond motifs is 2. The molecular weight excluding hydrogens is 499 g/mol. The zero-order valence-electron chi connectivity index (χ0n) is 20.5. The second-order valence-electron chi connectivity index (χ2n) is 9.82. The second kappa shape index (κ2) is 9.59. The number of amides is 2. The lowest BCUT2D eigenvalue weighted by molar-refractivity contribution is -0.385. The smallest absolute Gasteiger partial charge is 0.273 e. The van der Waals surface area contributed by atoms with Gasteiger partial charge in [-0.3, -0.25) is 19.7 Å². The first-order valence-corrected chi connectivity index (χ1v) is 12.2. The van der Waals surface area contributed by atoms with Gasteiger partial charge in [0, 0.05) is 42.4 Å². The molecule has 0 aromatic heterocycles. The summed E-state index contributed by atoms with van der Waals surface area (Å²) in [5.41, 5.74) is 0.993. The standard InChI is InChI=1S/C28H24F3N3O4/c1-17-23(34(37)38)9-8-21(30)26(17)27(36)32-12-10-28(11-13-32)16-33(24-5-3-2-4-19(24)28)25(35)15-18-6-7-20(29)22(31)14-18/h2-9,14H,10-13,15-16H2,1H3. The molecule has 1 fully saturated rings. The molecule has 2 aliphatic heterocycles. The summed E-state index contributed by atoms with van der Waals surface area (Å²) < 4.78 is 41.6. The maximum absolute atomic E-state index is 14.6. The quantitative estimate of drug-likeness (QED) is 0.353. The maximum Gasteiger partial charge on any atom is 0.273 e. The fourth-order valence-corrected chi connectivity index (χ4v) is 5.62. The summed E-state index contributed by atoms with van der Waals surface area (Å²) in [4.78, 5) is 40.3. The number of hydrogen-bond donors (Lipinski definition) is 0. The molecule has 2 aliphatic rings. The molecule has 0 aliphatic carbocycles. The van der Waals surface area contributed by atoms with Crippen molar-refractivity contribution in [3.63, 3.8) is 0 Å². The van der Waals surface area contributed by atoms with E-state index in [1.165, 1.54) is 17.9 Å². The summed E-state index contributed by atoms with van der Waals surface area (Å²) in [6.07, 6.45) is 0.901. The number of likely N-dealkylation sites (tertiary alicyclic amines) is 1. The van der Waals surface area contributed by atoms with Crippen LogP contribution in [0.5, 0.6) is 0 Å². The number of benzene rings is 3. The van der Waals surface area contributed by atoms with Gasteiger partial charge in [0.25, 0.3) is 11.6 Å². The molecule has 0 radical (unpaired) electrons. The van der Waals surface area contributed by atoms with E-state index in [9.17, 15) is 32.9 Å². The number of nitrogens with zero attached hydrogens (tertiary/aromatic N) is 3. The van der Waals surface area contributed by atoms with E-state index in [0.717, 1.165) is 35.5 Å². The van der Waals surface area contributed by atoms with E-state index < -0.39 is 33.7 Å². The zero-order valence-corrected chi connectivity index (χ0v) is 20.5. The molecule has 2 amide bonds. The summed E-state index contributed by atoms with van der Waals surface area (Å²) in [5, 5.41) is 11.3. The number of para-hydroxylation sites is 1. The van der Waals surface area contributed by atoms with Crippen LogP contribution >= 0.6 is 0 Å². The van der Waals surface area contributed by atoms with Gasteiger partial charge in [0.15, 0.2) is 11.6 Å². The van der Waals surface area contributed by atoms with Crippen molar-refractivity contribution < 1.29 is 27.7 Å². The monoisotopic (exact) mass is 523 g/mol. The van der Waals surface area contributed by atoms with E-state index in [1.807, 2.05) is 24.3 Å². The van der Waals surface area contributed by atoms with Crippen LogP contribution in [0.15, 0.2) is 54.6 Å². The normalized spacial score (nSPS) is 16.0. The number of anilines is 1. The third kappa shape index (κ3) is 4.29. The minimum atomic E-state index is -1.01. The van der Waals surface area contributed by atoms with Crippen molar-refractivity contribution in [2.45, 2.75) is 31.6 Å². The lowest BCUT2D eigenvalue weighted by Gasteiger charge is -2.40. The Hall–Kier alpha value is -4.21. The summed E-state index contributed by atoms with van der Waals surface area (Å²) in [5.74, 6) is -3.66. The molecule has 0 unspecified atom stereocenters. The number of carbonyl (C=O) groups is 2. The fraction of sp³-hybridized carbons (Fsp3) is 0.286. The molecule has 0 atom stereocenters. The van der Waals surface area contributed by atoms with Crippen LogP contribution in [-0.4, -0.2) is 41.3 Å². The highest BCUT2D eigenvalue weighted by Crippen LogP contribution is 2.47. The molecule has 5 rings (SSSR count). The van der Waals surface area contributed by atoms with Crippen molar-refractivity contribution in [1.82, 2.24) is 4.90 Å². The number of piperidine rings is 1. The maximum atomic E-state index is 14.6. The molecule has 38 heavy (non-hydrogen) atoms. The van der Waals surface area contributed by atoms with E-state index >= 15 is 0 Å². The number of hydrogen-bond acceptors (Lipinski definition) is 4. The molecular formula is C28H24F3N3O4. The Labute approximate surface area is 216 Å². The number of halogens is 3. The predicted octanol–water partition coefficient (Wildman–Crippen LogP) is 5.08. The van der Waals surface area contributed by atoms with E-state index in [0.29, 0.717) is 24.9 Å². The van der Waals surface area contributed by atoms with Crippen LogP contribution in [0.4, 0.5) is 24.5 Å². The first-order valence-electron chi connectivity index (χ1n) is 12.2. The van der Waals surface area contributed by atoms with E-state index in [1.54, 1.807) is 4.90 Å². The molecule has 7 nitrogen and oxygen atoms in total. The van der Waals surface area contributed by atoms with Gasteiger partial charge in [-0.15, -0.1) is 0 Å². The van der Waals surface area contributed by atoms with Crippen molar-refractivity contribution in [3.8, 4) is 0 Å². The largest absolute Gasteiger partial charge is 0.338 e. The van der Waals surface area contributed by atoms with Gasteiger partial charge in [-0.1, -0.05) is 24.3 Å². The summed E-state index contributed by atoms with van der Waals surface area (Å²) in [7, 11) is 0. The molecule has 10 heteroatoms. The lowest BCUT2D eigenvalue weighted by atomic mass is 9.74. The van der Waals surface area contributed by atoms with Crippen LogP contribution < -0.4 is 4.90 Å². The highest BCUT2D eigenvalue weighted by atomic mass is 19.2. The predicted molar refractivity (Wildman–Crippen MR) is 133 cm³/mol. The Bertz CT molecular complexity index is 1470. The van der Waals surface area contributed by atoms with Gasteiger partial charge in [0.2, 0.25) is 5.91 Å².